The maximum atomic E-state index is 13.6. The standard InChI is InChI=1S/C41H51N9O6S/c1-8-17-49(38(51)33(23(2)3)47-40(53)55-6)21-32-42-20-30(45-32)28-16-15-27(35-36(28)57-22-44-35)25-11-13-26(14-12-25)29-19-43-37(46-29)31-10-9-18-50(31)39(52)34(24(4)5)48-41(54)56-7/h11-16,19-20,22-24,31,33-34H,8-10,17-18,21H2,1-7H3,(H,42,45)(H,43,46)(H,47,53)(H,48,54). The van der Waals surface area contributed by atoms with Crippen LogP contribution in [-0.4, -0.2) is 98.1 Å². The van der Waals surface area contributed by atoms with Crippen molar-refractivity contribution in [3.05, 3.63) is 66.0 Å². The Kier molecular flexibility index (Phi) is 12.9. The number of aromatic amines is 2. The zero-order chi connectivity index (χ0) is 40.8. The number of imidazole rings is 2. The summed E-state index contributed by atoms with van der Waals surface area (Å²) in [5.74, 6) is 0.754. The number of methoxy groups -OCH3 is 2. The van der Waals surface area contributed by atoms with Gasteiger partial charge in [0.1, 0.15) is 23.7 Å². The molecule has 0 radical (unpaired) electrons. The number of benzene rings is 2. The van der Waals surface area contributed by atoms with Crippen molar-refractivity contribution in [2.45, 2.75) is 78.6 Å². The fourth-order valence-electron chi connectivity index (χ4n) is 7.26. The zero-order valence-corrected chi connectivity index (χ0v) is 34.2. The summed E-state index contributed by atoms with van der Waals surface area (Å²) in [6, 6.07) is 10.7. The Morgan fingerprint density at radius 2 is 1.51 bits per heavy atom. The van der Waals surface area contributed by atoms with E-state index < -0.39 is 24.3 Å². The Balaban J connectivity index is 1.17. The Hall–Kier alpha value is -5.77. The summed E-state index contributed by atoms with van der Waals surface area (Å²) in [7, 11) is 2.57. The van der Waals surface area contributed by atoms with Crippen molar-refractivity contribution in [1.29, 1.82) is 0 Å². The molecular weight excluding hydrogens is 747 g/mol. The molecular formula is C41H51N9O6S. The van der Waals surface area contributed by atoms with Crippen LogP contribution in [0.3, 0.4) is 0 Å². The van der Waals surface area contributed by atoms with E-state index in [1.807, 2.05) is 52.3 Å². The van der Waals surface area contributed by atoms with E-state index >= 15 is 0 Å². The molecule has 4 amide bonds. The first kappa shape index (κ1) is 40.9. The molecule has 57 heavy (non-hydrogen) atoms. The van der Waals surface area contributed by atoms with Crippen LogP contribution in [0.25, 0.3) is 43.9 Å². The van der Waals surface area contributed by atoms with Crippen LogP contribution >= 0.6 is 11.3 Å². The average molecular weight is 798 g/mol. The second kappa shape index (κ2) is 18.0. The lowest BCUT2D eigenvalue weighted by Gasteiger charge is -2.30. The number of likely N-dealkylation sites (tertiary alicyclic amines) is 1. The number of hydrogen-bond donors (Lipinski definition) is 4. The molecule has 4 N–H and O–H groups in total. The van der Waals surface area contributed by atoms with Gasteiger partial charge in [-0.2, -0.15) is 0 Å². The highest BCUT2D eigenvalue weighted by atomic mass is 32.1. The predicted molar refractivity (Wildman–Crippen MR) is 218 cm³/mol. The lowest BCUT2D eigenvalue weighted by Crippen LogP contribution is -2.51. The quantitative estimate of drug-likeness (QED) is 0.0927. The van der Waals surface area contributed by atoms with E-state index in [9.17, 15) is 19.2 Å². The third kappa shape index (κ3) is 8.95. The molecule has 0 bridgehead atoms. The zero-order valence-electron chi connectivity index (χ0n) is 33.4. The third-order valence-electron chi connectivity index (χ3n) is 10.3. The largest absolute Gasteiger partial charge is 0.453 e. The van der Waals surface area contributed by atoms with Crippen LogP contribution in [0.2, 0.25) is 0 Å². The van der Waals surface area contributed by atoms with Gasteiger partial charge in [-0.15, -0.1) is 11.3 Å². The van der Waals surface area contributed by atoms with Crippen LogP contribution in [0.5, 0.6) is 0 Å². The highest BCUT2D eigenvalue weighted by Gasteiger charge is 2.37. The summed E-state index contributed by atoms with van der Waals surface area (Å²) in [5.41, 5.74) is 8.26. The van der Waals surface area contributed by atoms with Crippen molar-refractivity contribution in [1.82, 2.24) is 45.4 Å². The molecule has 3 aromatic heterocycles. The van der Waals surface area contributed by atoms with Gasteiger partial charge in [0.2, 0.25) is 11.8 Å². The van der Waals surface area contributed by atoms with Crippen molar-refractivity contribution in [3.63, 3.8) is 0 Å². The first-order valence-electron chi connectivity index (χ1n) is 19.3. The number of hydrogen-bond acceptors (Lipinski definition) is 10. The van der Waals surface area contributed by atoms with E-state index in [0.717, 1.165) is 63.1 Å². The molecule has 5 aromatic rings. The van der Waals surface area contributed by atoms with E-state index in [-0.39, 0.29) is 36.2 Å². The minimum absolute atomic E-state index is 0.114. The van der Waals surface area contributed by atoms with E-state index in [0.29, 0.717) is 24.7 Å². The summed E-state index contributed by atoms with van der Waals surface area (Å²) in [6.45, 7) is 10.9. The highest BCUT2D eigenvalue weighted by Crippen LogP contribution is 2.38. The topological polar surface area (TPSA) is 188 Å². The van der Waals surface area contributed by atoms with Crippen molar-refractivity contribution in [2.24, 2.45) is 11.8 Å². The van der Waals surface area contributed by atoms with Crippen LogP contribution < -0.4 is 10.6 Å². The van der Waals surface area contributed by atoms with Gasteiger partial charge < -0.3 is 39.9 Å². The summed E-state index contributed by atoms with van der Waals surface area (Å²) in [5, 5.41) is 5.37. The number of amides is 4. The Morgan fingerprint density at radius 3 is 2.18 bits per heavy atom. The fourth-order valence-corrected chi connectivity index (χ4v) is 8.11. The lowest BCUT2D eigenvalue weighted by molar-refractivity contribution is -0.136. The van der Waals surface area contributed by atoms with E-state index in [2.05, 4.69) is 54.8 Å². The van der Waals surface area contributed by atoms with E-state index in [1.54, 1.807) is 33.5 Å². The van der Waals surface area contributed by atoms with Crippen LogP contribution in [0.4, 0.5) is 9.59 Å². The summed E-state index contributed by atoms with van der Waals surface area (Å²) in [4.78, 5) is 75.5. The maximum absolute atomic E-state index is 13.6. The first-order valence-corrected chi connectivity index (χ1v) is 20.2. The molecule has 302 valence electrons. The molecule has 1 fully saturated rings. The molecule has 0 spiro atoms. The van der Waals surface area contributed by atoms with Crippen LogP contribution in [-0.2, 0) is 25.6 Å². The normalized spacial score (nSPS) is 15.2. The van der Waals surface area contributed by atoms with Gasteiger partial charge in [0, 0.05) is 24.2 Å². The predicted octanol–water partition coefficient (Wildman–Crippen LogP) is 6.91. The molecule has 16 heteroatoms. The van der Waals surface area contributed by atoms with Gasteiger partial charge in [-0.05, 0) is 42.2 Å². The lowest BCUT2D eigenvalue weighted by atomic mass is 10.00. The summed E-state index contributed by atoms with van der Waals surface area (Å²) in [6.07, 6.45) is 4.65. The molecule has 3 atom stereocenters. The number of nitrogens with one attached hydrogen (secondary N) is 4. The van der Waals surface area contributed by atoms with Gasteiger partial charge >= 0.3 is 12.2 Å². The number of aromatic nitrogens is 5. The SMILES string of the molecule is CCCN(Cc1ncc(-c2ccc(-c3ccc(-c4cnc(C5CCCN5C(=O)C(NC(=O)OC)C(C)C)[nH]4)cc3)c3ncsc23)[nH]1)C(=O)C(NC(=O)OC)C(C)C. The molecule has 1 saturated heterocycles. The number of carbonyl (C=O) groups excluding carboxylic acids is 4. The van der Waals surface area contributed by atoms with Crippen LogP contribution in [0.15, 0.2) is 54.3 Å². The molecule has 1 aliphatic rings. The summed E-state index contributed by atoms with van der Waals surface area (Å²) >= 11 is 1.55. The van der Waals surface area contributed by atoms with Crippen molar-refractivity contribution >= 4 is 45.6 Å². The molecule has 15 nitrogen and oxygen atoms in total. The first-order chi connectivity index (χ1) is 27.4. The minimum Gasteiger partial charge on any atom is -0.453 e. The second-order valence-electron chi connectivity index (χ2n) is 14.9. The van der Waals surface area contributed by atoms with Crippen molar-refractivity contribution < 1.29 is 28.7 Å². The number of fused-ring (bicyclic) bond motifs is 1. The average Bonchev–Trinajstić information content (AvgIpc) is 4.05. The molecule has 1 aliphatic heterocycles. The molecule has 0 saturated carbocycles. The van der Waals surface area contributed by atoms with Gasteiger partial charge in [-0.25, -0.2) is 24.5 Å². The van der Waals surface area contributed by atoms with Gasteiger partial charge in [0.15, 0.2) is 0 Å². The van der Waals surface area contributed by atoms with Gasteiger partial charge in [-0.1, -0.05) is 71.0 Å². The Morgan fingerprint density at radius 1 is 0.860 bits per heavy atom. The highest BCUT2D eigenvalue weighted by molar-refractivity contribution is 7.17. The second-order valence-corrected chi connectivity index (χ2v) is 15.7. The fraction of sp³-hybridized carbons (Fsp3) is 0.439. The van der Waals surface area contributed by atoms with Gasteiger partial charge in [0.05, 0.1) is 66.3 Å². The van der Waals surface area contributed by atoms with Crippen LogP contribution in [0, 0.1) is 11.8 Å². The van der Waals surface area contributed by atoms with E-state index in [4.69, 9.17) is 14.5 Å². The van der Waals surface area contributed by atoms with Crippen molar-refractivity contribution in [3.8, 4) is 33.6 Å². The number of H-pyrrole nitrogens is 2. The Bertz CT molecular complexity index is 2190. The van der Waals surface area contributed by atoms with Crippen LogP contribution in [0.1, 0.15) is 71.6 Å². The molecule has 4 heterocycles. The number of thiazole rings is 1. The smallest absolute Gasteiger partial charge is 0.407 e. The number of rotatable bonds is 14. The van der Waals surface area contributed by atoms with Gasteiger partial charge in [-0.3, -0.25) is 9.59 Å². The monoisotopic (exact) mass is 797 g/mol. The molecule has 3 unspecified atom stereocenters. The maximum Gasteiger partial charge on any atom is 0.407 e. The molecule has 0 aliphatic carbocycles. The number of ether oxygens (including phenoxy) is 2. The van der Waals surface area contributed by atoms with Crippen molar-refractivity contribution in [2.75, 3.05) is 27.3 Å². The number of alkyl carbamates (subject to hydrolysis) is 2. The number of nitrogens with zero attached hydrogens (tertiary/aromatic N) is 5. The third-order valence-corrected chi connectivity index (χ3v) is 11.1. The number of carbonyl (C=O) groups is 4. The molecule has 2 aromatic carbocycles. The Labute approximate surface area is 336 Å². The summed E-state index contributed by atoms with van der Waals surface area (Å²) < 4.78 is 10.5. The van der Waals surface area contributed by atoms with E-state index in [1.165, 1.54) is 14.2 Å². The minimum atomic E-state index is -0.726. The van der Waals surface area contributed by atoms with Gasteiger partial charge in [0.25, 0.3) is 0 Å². The molecule has 6 rings (SSSR count).